The molecule has 1 atom stereocenters. The van der Waals surface area contributed by atoms with E-state index in [1.54, 1.807) is 20.8 Å². The zero-order valence-corrected chi connectivity index (χ0v) is 17.8. The highest BCUT2D eigenvalue weighted by atomic mass is 32.2. The van der Waals surface area contributed by atoms with E-state index in [1.807, 2.05) is 0 Å². The molecular formula is C19H23N3O7S. The van der Waals surface area contributed by atoms with Crippen molar-refractivity contribution < 1.29 is 32.3 Å². The molecule has 0 bridgehead atoms. The van der Waals surface area contributed by atoms with Crippen molar-refractivity contribution >= 4 is 33.6 Å². The summed E-state index contributed by atoms with van der Waals surface area (Å²) in [5, 5.41) is 7.54. The maximum Gasteiger partial charge on any atom is 0.355 e. The number of nitrogens with two attached hydrogens (primary N) is 1. The Bertz CT molecular complexity index is 1070. The number of hydrogen-bond acceptors (Lipinski definition) is 7. The third-order valence-corrected chi connectivity index (χ3v) is 5.15. The van der Waals surface area contributed by atoms with Crippen LogP contribution in [0.15, 0.2) is 29.2 Å². The van der Waals surface area contributed by atoms with Gasteiger partial charge in [0.05, 0.1) is 17.1 Å². The normalized spacial score (nSPS) is 12.2. The van der Waals surface area contributed by atoms with Crippen molar-refractivity contribution in [2.24, 2.45) is 5.14 Å². The molecule has 11 heteroatoms. The number of H-pyrrole nitrogens is 1. The number of carbonyl (C=O) groups excluding carboxylic acids is 3. The minimum atomic E-state index is -3.84. The van der Waals surface area contributed by atoms with E-state index >= 15 is 0 Å². The van der Waals surface area contributed by atoms with Crippen molar-refractivity contribution in [3.05, 3.63) is 46.8 Å². The number of aromatic amines is 1. The zero-order valence-electron chi connectivity index (χ0n) is 16.9. The molecule has 4 N–H and O–H groups in total. The average Bonchev–Trinajstić information content (AvgIpc) is 2.96. The van der Waals surface area contributed by atoms with Gasteiger partial charge in [-0.25, -0.2) is 23.1 Å². The Morgan fingerprint density at radius 1 is 1.13 bits per heavy atom. The van der Waals surface area contributed by atoms with Crippen molar-refractivity contribution in [2.45, 2.75) is 38.7 Å². The number of rotatable bonds is 7. The molecule has 0 aliphatic rings. The van der Waals surface area contributed by atoms with E-state index in [-0.39, 0.29) is 22.8 Å². The Morgan fingerprint density at radius 2 is 1.73 bits per heavy atom. The number of hydrogen-bond donors (Lipinski definition) is 3. The van der Waals surface area contributed by atoms with Gasteiger partial charge in [0.1, 0.15) is 5.69 Å². The largest absolute Gasteiger partial charge is 0.461 e. The number of nitrogens with one attached hydrogen (secondary N) is 2. The van der Waals surface area contributed by atoms with Gasteiger partial charge in [0.25, 0.3) is 5.91 Å². The Balaban J connectivity index is 2.08. The summed E-state index contributed by atoms with van der Waals surface area (Å²) in [4.78, 5) is 39.5. The summed E-state index contributed by atoms with van der Waals surface area (Å²) < 4.78 is 32.7. The molecule has 1 heterocycles. The van der Waals surface area contributed by atoms with Gasteiger partial charge in [0, 0.05) is 11.4 Å². The first kappa shape index (κ1) is 23.1. The fraction of sp³-hybridized carbons (Fsp3) is 0.316. The number of anilines is 1. The third kappa shape index (κ3) is 5.24. The quantitative estimate of drug-likeness (QED) is 0.555. The highest BCUT2D eigenvalue weighted by Crippen LogP contribution is 2.21. The molecule has 30 heavy (non-hydrogen) atoms. The molecule has 0 radical (unpaired) electrons. The highest BCUT2D eigenvalue weighted by molar-refractivity contribution is 7.89. The van der Waals surface area contributed by atoms with Gasteiger partial charge < -0.3 is 19.8 Å². The minimum absolute atomic E-state index is 0.101. The lowest BCUT2D eigenvalue weighted by atomic mass is 10.1. The molecule has 0 saturated heterocycles. The molecule has 1 aromatic carbocycles. The monoisotopic (exact) mass is 437 g/mol. The van der Waals surface area contributed by atoms with E-state index in [2.05, 4.69) is 10.3 Å². The van der Waals surface area contributed by atoms with Gasteiger partial charge in [0.2, 0.25) is 10.0 Å². The molecule has 0 spiro atoms. The van der Waals surface area contributed by atoms with Gasteiger partial charge in [-0.15, -0.1) is 0 Å². The van der Waals surface area contributed by atoms with E-state index in [9.17, 15) is 22.8 Å². The summed E-state index contributed by atoms with van der Waals surface area (Å²) in [6.45, 7) is 6.41. The lowest BCUT2D eigenvalue weighted by Crippen LogP contribution is -2.30. The topological polar surface area (TPSA) is 158 Å². The van der Waals surface area contributed by atoms with E-state index < -0.39 is 34.0 Å². The molecule has 162 valence electrons. The third-order valence-electron chi connectivity index (χ3n) is 4.22. The van der Waals surface area contributed by atoms with Crippen LogP contribution in [-0.2, 0) is 24.3 Å². The van der Waals surface area contributed by atoms with Gasteiger partial charge in [-0.1, -0.05) is 0 Å². The first-order valence-corrected chi connectivity index (χ1v) is 10.5. The average molecular weight is 437 g/mol. The highest BCUT2D eigenvalue weighted by Gasteiger charge is 2.26. The summed E-state index contributed by atoms with van der Waals surface area (Å²) >= 11 is 0. The summed E-state index contributed by atoms with van der Waals surface area (Å²) in [5.74, 6) is -1.99. The number of ether oxygens (including phenoxy) is 2. The van der Waals surface area contributed by atoms with Crippen LogP contribution in [0.5, 0.6) is 0 Å². The smallest absolute Gasteiger partial charge is 0.355 e. The van der Waals surface area contributed by atoms with Gasteiger partial charge in [-0.3, -0.25) is 4.79 Å². The van der Waals surface area contributed by atoms with Crippen molar-refractivity contribution in [1.29, 1.82) is 0 Å². The predicted molar refractivity (Wildman–Crippen MR) is 108 cm³/mol. The van der Waals surface area contributed by atoms with Crippen LogP contribution in [-0.4, -0.2) is 44.0 Å². The van der Waals surface area contributed by atoms with Crippen LogP contribution in [0.3, 0.4) is 0 Å². The van der Waals surface area contributed by atoms with Crippen LogP contribution < -0.4 is 10.5 Å². The summed E-state index contributed by atoms with van der Waals surface area (Å²) in [7, 11) is -3.84. The van der Waals surface area contributed by atoms with Gasteiger partial charge in [-0.2, -0.15) is 0 Å². The zero-order chi connectivity index (χ0) is 22.6. The fourth-order valence-corrected chi connectivity index (χ4v) is 3.22. The van der Waals surface area contributed by atoms with Crippen LogP contribution in [0.4, 0.5) is 5.69 Å². The number of amides is 1. The van der Waals surface area contributed by atoms with E-state index in [0.717, 1.165) is 0 Å². The molecule has 1 aromatic heterocycles. The van der Waals surface area contributed by atoms with Crippen LogP contribution in [0.2, 0.25) is 0 Å². The number of benzene rings is 1. The Kier molecular flexibility index (Phi) is 7.00. The molecule has 2 rings (SSSR count). The summed E-state index contributed by atoms with van der Waals surface area (Å²) in [5.41, 5.74) is 1.37. The second-order valence-electron chi connectivity index (χ2n) is 6.45. The fourth-order valence-electron chi connectivity index (χ4n) is 2.71. The van der Waals surface area contributed by atoms with Crippen LogP contribution in [0.25, 0.3) is 0 Å². The maximum absolute atomic E-state index is 12.5. The molecule has 2 aromatic rings. The molecule has 10 nitrogen and oxygen atoms in total. The van der Waals surface area contributed by atoms with Gasteiger partial charge in [-0.05, 0) is 57.5 Å². The number of aryl methyl sites for hydroxylation is 1. The van der Waals surface area contributed by atoms with Crippen molar-refractivity contribution in [3.63, 3.8) is 0 Å². The Hall–Kier alpha value is -3.18. The lowest BCUT2D eigenvalue weighted by Gasteiger charge is -2.14. The molecule has 0 aliphatic heterocycles. The van der Waals surface area contributed by atoms with Crippen molar-refractivity contribution in [1.82, 2.24) is 4.98 Å². The molecule has 1 amide bonds. The summed E-state index contributed by atoms with van der Waals surface area (Å²) in [6.07, 6.45) is -1.16. The Morgan fingerprint density at radius 3 is 2.27 bits per heavy atom. The second-order valence-corrected chi connectivity index (χ2v) is 8.01. The number of sulfonamides is 1. The molecule has 0 aliphatic carbocycles. The molecule has 0 fully saturated rings. The van der Waals surface area contributed by atoms with Crippen molar-refractivity contribution in [3.8, 4) is 0 Å². The Labute approximate surface area is 173 Å². The van der Waals surface area contributed by atoms with E-state index in [1.165, 1.54) is 31.2 Å². The lowest BCUT2D eigenvalue weighted by molar-refractivity contribution is -0.123. The number of carbonyl (C=O) groups is 3. The van der Waals surface area contributed by atoms with Crippen LogP contribution in [0, 0.1) is 13.8 Å². The maximum atomic E-state index is 12.5. The predicted octanol–water partition coefficient (Wildman–Crippen LogP) is 1.64. The van der Waals surface area contributed by atoms with Gasteiger partial charge >= 0.3 is 11.9 Å². The standard InChI is InChI=1S/C19H23N3O7S/c1-5-28-19(25)16-10(2)15(11(3)21-16)18(24)29-12(4)17(23)22-13-6-8-14(9-7-13)30(20,26)27/h6-9,12,21H,5H2,1-4H3,(H,22,23)(H2,20,26,27)/t12-/m1/s1. The first-order chi connectivity index (χ1) is 14.0. The second kappa shape index (κ2) is 9.09. The summed E-state index contributed by atoms with van der Waals surface area (Å²) in [6, 6.07) is 5.20. The molecular weight excluding hydrogens is 414 g/mol. The minimum Gasteiger partial charge on any atom is -0.461 e. The van der Waals surface area contributed by atoms with Crippen molar-refractivity contribution in [2.75, 3.05) is 11.9 Å². The van der Waals surface area contributed by atoms with Crippen LogP contribution in [0.1, 0.15) is 46.0 Å². The van der Waals surface area contributed by atoms with E-state index in [4.69, 9.17) is 14.6 Å². The molecule has 0 saturated carbocycles. The molecule has 0 unspecified atom stereocenters. The number of primary sulfonamides is 1. The SMILES string of the molecule is CCOC(=O)c1[nH]c(C)c(C(=O)O[C@H](C)C(=O)Nc2ccc(S(N)(=O)=O)cc2)c1C. The number of aromatic nitrogens is 1. The first-order valence-electron chi connectivity index (χ1n) is 8.96. The van der Waals surface area contributed by atoms with Gasteiger partial charge in [0.15, 0.2) is 6.10 Å². The van der Waals surface area contributed by atoms with E-state index in [0.29, 0.717) is 16.9 Å². The van der Waals surface area contributed by atoms with Crippen LogP contribution >= 0.6 is 0 Å². The number of esters is 2.